The van der Waals surface area contributed by atoms with Gasteiger partial charge in [-0.1, -0.05) is 29.8 Å². The Labute approximate surface area is 165 Å². The van der Waals surface area contributed by atoms with Crippen LogP contribution >= 0.6 is 0 Å². The molecule has 0 unspecified atom stereocenters. The van der Waals surface area contributed by atoms with Crippen LogP contribution in [0.4, 0.5) is 5.69 Å². The van der Waals surface area contributed by atoms with Gasteiger partial charge in [0.15, 0.2) is 0 Å². The van der Waals surface area contributed by atoms with Crippen LogP contribution in [0.25, 0.3) is 0 Å². The van der Waals surface area contributed by atoms with Crippen LogP contribution in [0.5, 0.6) is 0 Å². The number of nitrogens with one attached hydrogen (secondary N) is 1. The van der Waals surface area contributed by atoms with Crippen LogP contribution in [0.3, 0.4) is 0 Å². The monoisotopic (exact) mass is 403 g/mol. The summed E-state index contributed by atoms with van der Waals surface area (Å²) >= 11 is 0. The van der Waals surface area contributed by atoms with E-state index >= 15 is 0 Å². The molecule has 0 aromatic heterocycles. The van der Waals surface area contributed by atoms with E-state index < -0.39 is 21.8 Å². The summed E-state index contributed by atoms with van der Waals surface area (Å²) in [5.74, 6) is -0.901. The summed E-state index contributed by atoms with van der Waals surface area (Å²) in [6, 6.07) is 10.3. The molecule has 0 fully saturated rings. The molecular weight excluding hydrogens is 378 g/mol. The van der Waals surface area contributed by atoms with Crippen molar-refractivity contribution in [2.75, 3.05) is 18.9 Å². The number of likely N-dealkylation sites (N-methyl/N-ethyl adjacent to an activating group) is 1. The van der Waals surface area contributed by atoms with Crippen molar-refractivity contribution in [1.82, 2.24) is 4.31 Å². The first kappa shape index (κ1) is 21.6. The van der Waals surface area contributed by atoms with Crippen molar-refractivity contribution in [3.63, 3.8) is 0 Å². The third kappa shape index (κ3) is 5.17. The Morgan fingerprint density at radius 2 is 1.57 bits per heavy atom. The topological polar surface area (TPSA) is 110 Å². The molecule has 2 amide bonds. The normalized spacial score (nSPS) is 11.5. The summed E-state index contributed by atoms with van der Waals surface area (Å²) in [5, 5.41) is 2.65. The fraction of sp³-hybridized carbons (Fsp3) is 0.300. The molecule has 0 heterocycles. The molecule has 7 nitrogen and oxygen atoms in total. The van der Waals surface area contributed by atoms with E-state index in [4.69, 9.17) is 5.73 Å². The van der Waals surface area contributed by atoms with Gasteiger partial charge in [0.2, 0.25) is 21.8 Å². The molecule has 0 aliphatic rings. The second kappa shape index (κ2) is 8.53. The van der Waals surface area contributed by atoms with Gasteiger partial charge in [0, 0.05) is 12.7 Å². The van der Waals surface area contributed by atoms with Gasteiger partial charge in [0.25, 0.3) is 0 Å². The average Bonchev–Trinajstić information content (AvgIpc) is 2.54. The maximum Gasteiger partial charge on any atom is 0.243 e. The number of benzene rings is 2. The molecule has 0 atom stereocenters. The largest absolute Gasteiger partial charge is 0.369 e. The summed E-state index contributed by atoms with van der Waals surface area (Å²) in [4.78, 5) is 23.4. The van der Waals surface area contributed by atoms with Crippen LogP contribution in [0.1, 0.15) is 22.3 Å². The highest BCUT2D eigenvalue weighted by Gasteiger charge is 2.26. The Bertz CT molecular complexity index is 976. The molecule has 150 valence electrons. The summed E-state index contributed by atoms with van der Waals surface area (Å²) in [7, 11) is -2.42. The molecular formula is C20H25N3O4S. The molecule has 0 saturated heterocycles. The van der Waals surface area contributed by atoms with E-state index in [0.717, 1.165) is 15.4 Å². The van der Waals surface area contributed by atoms with E-state index in [0.29, 0.717) is 16.8 Å². The lowest BCUT2D eigenvalue weighted by Gasteiger charge is -2.20. The second-order valence-electron chi connectivity index (χ2n) is 6.88. The van der Waals surface area contributed by atoms with E-state index in [1.54, 1.807) is 50.2 Å². The minimum atomic E-state index is -3.80. The number of nitrogens with two attached hydrogens (primary N) is 1. The number of aryl methyl sites for hydroxylation is 3. The molecule has 8 heteroatoms. The zero-order valence-corrected chi connectivity index (χ0v) is 17.3. The third-order valence-corrected chi connectivity index (χ3v) is 6.36. The zero-order chi connectivity index (χ0) is 21.1. The predicted octanol–water partition coefficient (Wildman–Crippen LogP) is 1.90. The van der Waals surface area contributed by atoms with Crippen molar-refractivity contribution in [3.05, 3.63) is 58.7 Å². The molecule has 2 rings (SSSR count). The van der Waals surface area contributed by atoms with Gasteiger partial charge in [0.05, 0.1) is 17.9 Å². The number of amides is 2. The number of hydrogen-bond donors (Lipinski definition) is 2. The maximum absolute atomic E-state index is 12.9. The smallest absolute Gasteiger partial charge is 0.243 e. The minimum Gasteiger partial charge on any atom is -0.369 e. The number of anilines is 1. The molecule has 0 bridgehead atoms. The van der Waals surface area contributed by atoms with Gasteiger partial charge >= 0.3 is 0 Å². The summed E-state index contributed by atoms with van der Waals surface area (Å²) in [6.45, 7) is 5.07. The van der Waals surface area contributed by atoms with Crippen molar-refractivity contribution in [2.45, 2.75) is 32.1 Å². The Hall–Kier alpha value is -2.71. The number of carbonyl (C=O) groups excluding carboxylic acids is 2. The first-order chi connectivity index (χ1) is 13.0. The number of hydrogen-bond acceptors (Lipinski definition) is 4. The highest BCUT2D eigenvalue weighted by molar-refractivity contribution is 7.89. The second-order valence-corrected chi connectivity index (χ2v) is 8.86. The van der Waals surface area contributed by atoms with Crippen LogP contribution in [-0.2, 0) is 26.0 Å². The van der Waals surface area contributed by atoms with Crippen LogP contribution in [0.2, 0.25) is 0 Å². The number of primary amides is 1. The van der Waals surface area contributed by atoms with E-state index in [-0.39, 0.29) is 17.9 Å². The van der Waals surface area contributed by atoms with Crippen molar-refractivity contribution in [2.24, 2.45) is 5.73 Å². The van der Waals surface area contributed by atoms with Crippen LogP contribution < -0.4 is 11.1 Å². The van der Waals surface area contributed by atoms with Crippen molar-refractivity contribution >= 4 is 27.5 Å². The molecule has 0 spiro atoms. The summed E-state index contributed by atoms with van der Waals surface area (Å²) < 4.78 is 26.9. The van der Waals surface area contributed by atoms with Gasteiger partial charge in [-0.2, -0.15) is 4.31 Å². The van der Waals surface area contributed by atoms with E-state index in [2.05, 4.69) is 5.32 Å². The Balaban J connectivity index is 2.10. The van der Waals surface area contributed by atoms with Crippen LogP contribution in [-0.4, -0.2) is 38.1 Å². The number of rotatable bonds is 7. The van der Waals surface area contributed by atoms with Crippen molar-refractivity contribution in [1.29, 1.82) is 0 Å². The van der Waals surface area contributed by atoms with Crippen molar-refractivity contribution < 1.29 is 18.0 Å². The molecule has 0 radical (unpaired) electrons. The predicted molar refractivity (Wildman–Crippen MR) is 108 cm³/mol. The van der Waals surface area contributed by atoms with Gasteiger partial charge in [0.1, 0.15) is 0 Å². The molecule has 3 N–H and O–H groups in total. The third-order valence-electron chi connectivity index (χ3n) is 4.26. The number of carbonyl (C=O) groups is 2. The van der Waals surface area contributed by atoms with Crippen LogP contribution in [0.15, 0.2) is 41.3 Å². The lowest BCUT2D eigenvalue weighted by atomic mass is 10.1. The molecule has 0 saturated carbocycles. The first-order valence-electron chi connectivity index (χ1n) is 8.72. The van der Waals surface area contributed by atoms with Gasteiger partial charge in [-0.05, 0) is 49.6 Å². The standard InChI is InChI=1S/C20H25N3O4S/c1-13-9-14(2)20(15(3)10-13)28(26,27)23(4)12-19(25)22-17-7-5-16(6-8-17)11-18(21)24/h5-10H,11-12H2,1-4H3,(H2,21,24)(H,22,25). The van der Waals surface area contributed by atoms with Gasteiger partial charge in [-0.3, -0.25) is 9.59 Å². The highest BCUT2D eigenvalue weighted by Crippen LogP contribution is 2.24. The number of sulfonamides is 1. The SMILES string of the molecule is Cc1cc(C)c(S(=O)(=O)N(C)CC(=O)Nc2ccc(CC(N)=O)cc2)c(C)c1. The summed E-state index contributed by atoms with van der Waals surface area (Å²) in [5.41, 5.74) is 8.66. The molecule has 28 heavy (non-hydrogen) atoms. The number of nitrogens with zero attached hydrogens (tertiary/aromatic N) is 1. The quantitative estimate of drug-likeness (QED) is 0.736. The van der Waals surface area contributed by atoms with Crippen LogP contribution in [0, 0.1) is 20.8 Å². The highest BCUT2D eigenvalue weighted by atomic mass is 32.2. The minimum absolute atomic E-state index is 0.116. The maximum atomic E-state index is 12.9. The molecule has 0 aliphatic carbocycles. The lowest BCUT2D eigenvalue weighted by Crippen LogP contribution is -2.35. The molecule has 2 aromatic carbocycles. The zero-order valence-electron chi connectivity index (χ0n) is 16.4. The van der Waals surface area contributed by atoms with E-state index in [1.807, 2.05) is 6.92 Å². The Morgan fingerprint density at radius 1 is 1.04 bits per heavy atom. The summed E-state index contributed by atoms with van der Waals surface area (Å²) in [6.07, 6.45) is 0.116. The van der Waals surface area contributed by atoms with Gasteiger partial charge in [-0.15, -0.1) is 0 Å². The fourth-order valence-electron chi connectivity index (χ4n) is 3.12. The molecule has 2 aromatic rings. The van der Waals surface area contributed by atoms with Gasteiger partial charge < -0.3 is 11.1 Å². The van der Waals surface area contributed by atoms with Gasteiger partial charge in [-0.25, -0.2) is 8.42 Å². The first-order valence-corrected chi connectivity index (χ1v) is 10.2. The van der Waals surface area contributed by atoms with E-state index in [1.165, 1.54) is 7.05 Å². The average molecular weight is 404 g/mol. The lowest BCUT2D eigenvalue weighted by molar-refractivity contribution is -0.117. The van der Waals surface area contributed by atoms with Crippen molar-refractivity contribution in [3.8, 4) is 0 Å². The van der Waals surface area contributed by atoms with E-state index in [9.17, 15) is 18.0 Å². The Morgan fingerprint density at radius 3 is 2.07 bits per heavy atom. The Kier molecular flexibility index (Phi) is 6.58. The molecule has 0 aliphatic heterocycles. The fourth-order valence-corrected chi connectivity index (χ4v) is 4.65.